The fourth-order valence-corrected chi connectivity index (χ4v) is 3.52. The van der Waals surface area contributed by atoms with Crippen LogP contribution in [0.1, 0.15) is 31.2 Å². The Morgan fingerprint density at radius 3 is 2.84 bits per heavy atom. The number of ether oxygens (including phenoxy) is 1. The van der Waals surface area contributed by atoms with Crippen molar-refractivity contribution in [2.45, 2.75) is 31.3 Å². The van der Waals surface area contributed by atoms with E-state index in [0.29, 0.717) is 10.0 Å². The number of nitriles is 1. The smallest absolute Gasteiger partial charge is 0.309 e. The van der Waals surface area contributed by atoms with Crippen molar-refractivity contribution in [3.63, 3.8) is 0 Å². The number of esters is 1. The van der Waals surface area contributed by atoms with Crippen LogP contribution >= 0.6 is 35.0 Å². The number of unbranched alkanes of at least 4 members (excludes halogenated alkanes) is 2. The topological polar surface area (TPSA) is 70.3 Å². The molecule has 1 rings (SSSR count). The van der Waals surface area contributed by atoms with Crippen LogP contribution < -0.4 is 0 Å². The summed E-state index contributed by atoms with van der Waals surface area (Å²) in [5, 5.41) is 20.3. The van der Waals surface area contributed by atoms with Crippen molar-refractivity contribution in [3.05, 3.63) is 39.9 Å². The van der Waals surface area contributed by atoms with Crippen LogP contribution in [0, 0.1) is 11.3 Å². The van der Waals surface area contributed by atoms with E-state index in [1.807, 2.05) is 12.1 Å². The molecule has 0 amide bonds. The molecule has 1 N–H and O–H groups in total. The van der Waals surface area contributed by atoms with Gasteiger partial charge in [-0.25, -0.2) is 0 Å². The number of rotatable bonds is 10. The Labute approximate surface area is 162 Å². The standard InChI is InChI=1S/C18H21Cl2NO3S/c1-24-17(22)11-18(23,12-21)13-25-9-5-3-2-4-6-14-7-8-15(19)10-16(14)20/h4,6-8,10,23H,2-3,5,9,11,13H2,1H3/b6-4+. The summed E-state index contributed by atoms with van der Waals surface area (Å²) in [6.07, 6.45) is 6.56. The number of allylic oxidation sites excluding steroid dienone is 1. The number of hydrogen-bond donors (Lipinski definition) is 1. The lowest BCUT2D eigenvalue weighted by atomic mass is 10.1. The zero-order valence-electron chi connectivity index (χ0n) is 14.0. The van der Waals surface area contributed by atoms with Crippen LogP contribution in [0.5, 0.6) is 0 Å². The SMILES string of the molecule is COC(=O)CC(O)(C#N)CSCCCC/C=C/c1ccc(Cl)cc1Cl. The van der Waals surface area contributed by atoms with Gasteiger partial charge in [0.25, 0.3) is 0 Å². The Bertz CT molecular complexity index is 646. The van der Waals surface area contributed by atoms with Crippen molar-refractivity contribution >= 4 is 47.0 Å². The zero-order valence-corrected chi connectivity index (χ0v) is 16.3. The highest BCUT2D eigenvalue weighted by Crippen LogP contribution is 2.22. The number of aliphatic hydroxyl groups is 1. The summed E-state index contributed by atoms with van der Waals surface area (Å²) >= 11 is 13.4. The fourth-order valence-electron chi connectivity index (χ4n) is 1.99. The van der Waals surface area contributed by atoms with Crippen LogP contribution in [0.25, 0.3) is 6.08 Å². The molecule has 0 spiro atoms. The lowest BCUT2D eigenvalue weighted by molar-refractivity contribution is -0.143. The molecule has 0 saturated heterocycles. The van der Waals surface area contributed by atoms with Gasteiger partial charge in [-0.05, 0) is 42.7 Å². The molecule has 0 aromatic heterocycles. The molecule has 0 heterocycles. The summed E-state index contributed by atoms with van der Waals surface area (Å²) in [4.78, 5) is 11.2. The molecule has 136 valence electrons. The van der Waals surface area contributed by atoms with Gasteiger partial charge >= 0.3 is 5.97 Å². The molecule has 4 nitrogen and oxygen atoms in total. The van der Waals surface area contributed by atoms with E-state index < -0.39 is 11.6 Å². The van der Waals surface area contributed by atoms with Crippen LogP contribution in [-0.4, -0.2) is 35.3 Å². The average Bonchev–Trinajstić information content (AvgIpc) is 2.58. The van der Waals surface area contributed by atoms with Crippen LogP contribution in [-0.2, 0) is 9.53 Å². The van der Waals surface area contributed by atoms with Gasteiger partial charge in [-0.1, -0.05) is 41.4 Å². The first-order valence-electron chi connectivity index (χ1n) is 7.80. The fraction of sp³-hybridized carbons (Fsp3) is 0.444. The van der Waals surface area contributed by atoms with Crippen LogP contribution in [0.15, 0.2) is 24.3 Å². The van der Waals surface area contributed by atoms with E-state index >= 15 is 0 Å². The number of nitrogens with zero attached hydrogens (tertiary/aromatic N) is 1. The molecule has 0 fully saturated rings. The van der Waals surface area contributed by atoms with E-state index in [2.05, 4.69) is 10.8 Å². The molecule has 0 radical (unpaired) electrons. The zero-order chi connectivity index (χ0) is 18.7. The molecule has 0 saturated carbocycles. The predicted octanol–water partition coefficient (Wildman–Crippen LogP) is 4.73. The maximum Gasteiger partial charge on any atom is 0.309 e. The van der Waals surface area contributed by atoms with Crippen molar-refractivity contribution in [2.24, 2.45) is 0 Å². The minimum atomic E-state index is -1.66. The molecule has 0 aliphatic rings. The van der Waals surface area contributed by atoms with Gasteiger partial charge in [0.05, 0.1) is 19.6 Å². The van der Waals surface area contributed by atoms with Gasteiger partial charge in [0.15, 0.2) is 5.60 Å². The van der Waals surface area contributed by atoms with E-state index in [0.717, 1.165) is 30.6 Å². The largest absolute Gasteiger partial charge is 0.469 e. The molecule has 0 aliphatic carbocycles. The van der Waals surface area contributed by atoms with Crippen molar-refractivity contribution < 1.29 is 14.6 Å². The molecule has 1 atom stereocenters. The Morgan fingerprint density at radius 1 is 1.44 bits per heavy atom. The second kappa shape index (κ2) is 11.4. The van der Waals surface area contributed by atoms with Crippen LogP contribution in [0.3, 0.4) is 0 Å². The number of halogens is 2. The maximum atomic E-state index is 11.2. The van der Waals surface area contributed by atoms with Gasteiger partial charge in [-0.15, -0.1) is 0 Å². The Balaban J connectivity index is 2.22. The molecule has 0 aliphatic heterocycles. The molecular formula is C18H21Cl2NO3S. The first-order chi connectivity index (χ1) is 11.9. The molecule has 1 aromatic rings. The minimum absolute atomic E-state index is 0.189. The van der Waals surface area contributed by atoms with E-state index in [-0.39, 0.29) is 12.2 Å². The number of carbonyl (C=O) groups excluding carboxylic acids is 1. The first-order valence-corrected chi connectivity index (χ1v) is 9.71. The van der Waals surface area contributed by atoms with E-state index in [4.69, 9.17) is 28.5 Å². The molecule has 1 unspecified atom stereocenters. The predicted molar refractivity (Wildman–Crippen MR) is 104 cm³/mol. The van der Waals surface area contributed by atoms with Gasteiger partial charge in [-0.2, -0.15) is 17.0 Å². The summed E-state index contributed by atoms with van der Waals surface area (Å²) < 4.78 is 4.49. The Kier molecular flexibility index (Phi) is 9.99. The normalized spacial score (nSPS) is 13.4. The van der Waals surface area contributed by atoms with Gasteiger partial charge in [0.1, 0.15) is 0 Å². The molecular weight excluding hydrogens is 381 g/mol. The second-order valence-electron chi connectivity index (χ2n) is 5.51. The van der Waals surface area contributed by atoms with Crippen molar-refractivity contribution in [1.82, 2.24) is 0 Å². The van der Waals surface area contributed by atoms with Crippen molar-refractivity contribution in [1.29, 1.82) is 5.26 Å². The summed E-state index contributed by atoms with van der Waals surface area (Å²) in [6.45, 7) is 0. The van der Waals surface area contributed by atoms with E-state index in [1.54, 1.807) is 18.2 Å². The highest BCUT2D eigenvalue weighted by atomic mass is 35.5. The minimum Gasteiger partial charge on any atom is -0.469 e. The highest BCUT2D eigenvalue weighted by Gasteiger charge is 2.30. The van der Waals surface area contributed by atoms with Crippen LogP contribution in [0.4, 0.5) is 0 Å². The first kappa shape index (κ1) is 21.9. The van der Waals surface area contributed by atoms with Gasteiger partial charge in [0.2, 0.25) is 0 Å². The van der Waals surface area contributed by atoms with Gasteiger partial charge in [0, 0.05) is 15.8 Å². The Morgan fingerprint density at radius 2 is 2.20 bits per heavy atom. The van der Waals surface area contributed by atoms with Gasteiger partial charge in [-0.3, -0.25) is 4.79 Å². The summed E-state index contributed by atoms with van der Waals surface area (Å²) in [5.74, 6) is 0.408. The van der Waals surface area contributed by atoms with Crippen molar-refractivity contribution in [3.8, 4) is 6.07 Å². The second-order valence-corrected chi connectivity index (χ2v) is 7.46. The van der Waals surface area contributed by atoms with Crippen molar-refractivity contribution in [2.75, 3.05) is 18.6 Å². The molecule has 25 heavy (non-hydrogen) atoms. The quantitative estimate of drug-likeness (QED) is 0.348. The highest BCUT2D eigenvalue weighted by molar-refractivity contribution is 7.99. The number of hydrogen-bond acceptors (Lipinski definition) is 5. The molecule has 0 bridgehead atoms. The number of benzene rings is 1. The molecule has 1 aromatic carbocycles. The number of carbonyl (C=O) groups is 1. The number of thioether (sulfide) groups is 1. The summed E-state index contributed by atoms with van der Waals surface area (Å²) in [7, 11) is 1.23. The average molecular weight is 402 g/mol. The third-order valence-corrected chi connectivity index (χ3v) is 5.20. The third kappa shape index (κ3) is 8.64. The molecule has 7 heteroatoms. The third-order valence-electron chi connectivity index (χ3n) is 3.38. The van der Waals surface area contributed by atoms with E-state index in [9.17, 15) is 9.90 Å². The van der Waals surface area contributed by atoms with E-state index in [1.165, 1.54) is 18.9 Å². The lowest BCUT2D eigenvalue weighted by Crippen LogP contribution is -2.33. The summed E-state index contributed by atoms with van der Waals surface area (Å²) in [5.41, 5.74) is -0.731. The lowest BCUT2D eigenvalue weighted by Gasteiger charge is -2.18. The number of methoxy groups -OCH3 is 1. The van der Waals surface area contributed by atoms with Gasteiger partial charge < -0.3 is 9.84 Å². The monoisotopic (exact) mass is 401 g/mol. The van der Waals surface area contributed by atoms with Crippen LogP contribution in [0.2, 0.25) is 10.0 Å². The summed E-state index contributed by atoms with van der Waals surface area (Å²) in [6, 6.07) is 7.17. The maximum absolute atomic E-state index is 11.2. The Hall–Kier alpha value is -1.19.